The highest BCUT2D eigenvalue weighted by Crippen LogP contribution is 2.31. The first kappa shape index (κ1) is 15.9. The van der Waals surface area contributed by atoms with Crippen molar-refractivity contribution >= 4 is 17.6 Å². The molecule has 126 valence electrons. The highest BCUT2D eigenvalue weighted by atomic mass is 16.5. The first-order valence-corrected chi connectivity index (χ1v) is 7.18. The van der Waals surface area contributed by atoms with Gasteiger partial charge < -0.3 is 21.9 Å². The minimum Gasteiger partial charge on any atom is -0.421 e. The molecule has 0 saturated heterocycles. The van der Waals surface area contributed by atoms with Crippen LogP contribution in [0.25, 0.3) is 5.69 Å². The Bertz CT molecular complexity index is 914. The zero-order valence-electron chi connectivity index (χ0n) is 13.0. The van der Waals surface area contributed by atoms with Crippen LogP contribution in [0.3, 0.4) is 0 Å². The number of nitrogens with two attached hydrogens (primary N) is 3. The Balaban J connectivity index is 1.93. The Morgan fingerprint density at radius 1 is 0.960 bits per heavy atom. The molecule has 1 aromatic heterocycles. The van der Waals surface area contributed by atoms with Crippen LogP contribution in [0.15, 0.2) is 64.6 Å². The number of aromatic nitrogens is 4. The van der Waals surface area contributed by atoms with Crippen LogP contribution < -0.4 is 21.9 Å². The third-order valence-electron chi connectivity index (χ3n) is 2.99. The van der Waals surface area contributed by atoms with Gasteiger partial charge >= 0.3 is 6.01 Å². The Kier molecular flexibility index (Phi) is 4.51. The van der Waals surface area contributed by atoms with Crippen molar-refractivity contribution in [3.05, 3.63) is 54.6 Å². The molecule has 3 aromatic rings. The van der Waals surface area contributed by atoms with Crippen molar-refractivity contribution in [2.24, 2.45) is 27.2 Å². The molecule has 0 unspecified atom stereocenters. The van der Waals surface area contributed by atoms with Gasteiger partial charge in [0.25, 0.3) is 0 Å². The standard InChI is InChI=1S/C15H15N9O/c16-13(17)20-14(18)19-11-8-4-5-9-12(11)25-15-21-22-23-24(15)10-6-2-1-3-7-10/h1-9H,(H6,16,17,18,19,20). The van der Waals surface area contributed by atoms with Crippen molar-refractivity contribution in [3.8, 4) is 17.4 Å². The maximum atomic E-state index is 5.79. The minimum absolute atomic E-state index is 0.0984. The van der Waals surface area contributed by atoms with Gasteiger partial charge in [0.2, 0.25) is 5.96 Å². The van der Waals surface area contributed by atoms with Gasteiger partial charge in [-0.3, -0.25) is 0 Å². The molecular formula is C15H15N9O. The fourth-order valence-electron chi connectivity index (χ4n) is 1.99. The van der Waals surface area contributed by atoms with Gasteiger partial charge in [0.1, 0.15) is 5.69 Å². The summed E-state index contributed by atoms with van der Waals surface area (Å²) in [5.41, 5.74) is 17.4. The molecular weight excluding hydrogens is 322 g/mol. The zero-order valence-corrected chi connectivity index (χ0v) is 13.0. The zero-order chi connectivity index (χ0) is 17.6. The number of hydrogen-bond acceptors (Lipinski definition) is 5. The number of rotatable bonds is 4. The average Bonchev–Trinajstić information content (AvgIpc) is 3.05. The number of para-hydroxylation sites is 3. The maximum Gasteiger partial charge on any atom is 0.345 e. The molecule has 0 amide bonds. The van der Waals surface area contributed by atoms with Crippen molar-refractivity contribution in [1.29, 1.82) is 0 Å². The molecule has 0 fully saturated rings. The Hall–Kier alpha value is -3.95. The van der Waals surface area contributed by atoms with E-state index in [4.69, 9.17) is 21.9 Å². The van der Waals surface area contributed by atoms with E-state index in [2.05, 4.69) is 25.5 Å². The second-order valence-electron chi connectivity index (χ2n) is 4.79. The maximum absolute atomic E-state index is 5.79. The van der Waals surface area contributed by atoms with Gasteiger partial charge in [-0.25, -0.2) is 4.99 Å². The number of aliphatic imine (C=N–C) groups is 2. The summed E-state index contributed by atoms with van der Waals surface area (Å²) < 4.78 is 7.25. The Labute approximate surface area is 142 Å². The quantitative estimate of drug-likeness (QED) is 0.466. The van der Waals surface area contributed by atoms with Crippen LogP contribution >= 0.6 is 0 Å². The minimum atomic E-state index is -0.187. The Morgan fingerprint density at radius 3 is 2.44 bits per heavy atom. The summed E-state index contributed by atoms with van der Waals surface area (Å²) >= 11 is 0. The highest BCUT2D eigenvalue weighted by molar-refractivity contribution is 5.93. The lowest BCUT2D eigenvalue weighted by Gasteiger charge is -2.08. The number of hydrogen-bond donors (Lipinski definition) is 3. The van der Waals surface area contributed by atoms with E-state index in [1.165, 1.54) is 4.68 Å². The second-order valence-corrected chi connectivity index (χ2v) is 4.79. The molecule has 0 atom stereocenters. The summed E-state index contributed by atoms with van der Waals surface area (Å²) in [4.78, 5) is 7.80. The van der Waals surface area contributed by atoms with E-state index in [0.29, 0.717) is 11.4 Å². The van der Waals surface area contributed by atoms with Gasteiger partial charge in [-0.1, -0.05) is 35.4 Å². The van der Waals surface area contributed by atoms with Gasteiger partial charge in [-0.2, -0.15) is 9.67 Å². The Morgan fingerprint density at radius 2 is 1.68 bits per heavy atom. The summed E-state index contributed by atoms with van der Waals surface area (Å²) in [6.45, 7) is 0. The molecule has 0 aliphatic heterocycles. The monoisotopic (exact) mass is 337 g/mol. The molecule has 3 rings (SSSR count). The van der Waals surface area contributed by atoms with E-state index < -0.39 is 0 Å². The number of nitrogens with zero attached hydrogens (tertiary/aromatic N) is 6. The molecule has 0 bridgehead atoms. The fourth-order valence-corrected chi connectivity index (χ4v) is 1.99. The topological polar surface area (TPSA) is 156 Å². The summed E-state index contributed by atoms with van der Waals surface area (Å²) in [7, 11) is 0. The SMILES string of the molecule is NC(N)=NC(N)=Nc1ccccc1Oc1nnnn1-c1ccccc1. The molecule has 0 saturated carbocycles. The predicted molar refractivity (Wildman–Crippen MR) is 92.8 cm³/mol. The lowest BCUT2D eigenvalue weighted by atomic mass is 10.3. The summed E-state index contributed by atoms with van der Waals surface area (Å²) in [6.07, 6.45) is 0. The molecule has 10 nitrogen and oxygen atoms in total. The van der Waals surface area contributed by atoms with Crippen LogP contribution in [0.5, 0.6) is 11.8 Å². The van der Waals surface area contributed by atoms with Crippen LogP contribution in [-0.4, -0.2) is 32.1 Å². The number of benzene rings is 2. The molecule has 2 aromatic carbocycles. The van der Waals surface area contributed by atoms with E-state index in [9.17, 15) is 0 Å². The molecule has 1 heterocycles. The summed E-state index contributed by atoms with van der Waals surface area (Å²) in [6, 6.07) is 16.5. The first-order chi connectivity index (χ1) is 12.1. The van der Waals surface area contributed by atoms with Gasteiger partial charge in [-0.15, -0.1) is 0 Å². The van der Waals surface area contributed by atoms with E-state index in [1.54, 1.807) is 24.3 Å². The molecule has 10 heteroatoms. The van der Waals surface area contributed by atoms with Crippen molar-refractivity contribution in [2.75, 3.05) is 0 Å². The van der Waals surface area contributed by atoms with E-state index in [-0.39, 0.29) is 17.9 Å². The lowest BCUT2D eigenvalue weighted by Crippen LogP contribution is -2.26. The van der Waals surface area contributed by atoms with Crippen molar-refractivity contribution < 1.29 is 4.74 Å². The van der Waals surface area contributed by atoms with Gasteiger partial charge in [-0.05, 0) is 34.7 Å². The van der Waals surface area contributed by atoms with Crippen molar-refractivity contribution in [1.82, 2.24) is 20.2 Å². The van der Waals surface area contributed by atoms with Crippen LogP contribution in [-0.2, 0) is 0 Å². The van der Waals surface area contributed by atoms with Crippen LogP contribution in [0, 0.1) is 0 Å². The number of tetrazole rings is 1. The van der Waals surface area contributed by atoms with Crippen LogP contribution in [0.1, 0.15) is 0 Å². The lowest BCUT2D eigenvalue weighted by molar-refractivity contribution is 0.428. The second kappa shape index (κ2) is 7.08. The van der Waals surface area contributed by atoms with Crippen LogP contribution in [0.4, 0.5) is 5.69 Å². The first-order valence-electron chi connectivity index (χ1n) is 7.18. The third-order valence-corrected chi connectivity index (χ3v) is 2.99. The summed E-state index contributed by atoms with van der Waals surface area (Å²) in [5, 5.41) is 11.5. The van der Waals surface area contributed by atoms with Crippen molar-refractivity contribution in [2.45, 2.75) is 0 Å². The molecule has 0 spiro atoms. The molecule has 0 aliphatic rings. The number of ether oxygens (including phenoxy) is 1. The molecule has 0 aliphatic carbocycles. The van der Waals surface area contributed by atoms with Gasteiger partial charge in [0.15, 0.2) is 11.7 Å². The number of guanidine groups is 2. The normalized spacial score (nSPS) is 11.1. The molecule has 25 heavy (non-hydrogen) atoms. The average molecular weight is 337 g/mol. The smallest absolute Gasteiger partial charge is 0.345 e. The van der Waals surface area contributed by atoms with Gasteiger partial charge in [0, 0.05) is 0 Å². The predicted octanol–water partition coefficient (Wildman–Crippen LogP) is 0.674. The van der Waals surface area contributed by atoms with E-state index >= 15 is 0 Å². The molecule has 6 N–H and O–H groups in total. The van der Waals surface area contributed by atoms with Crippen LogP contribution in [0.2, 0.25) is 0 Å². The fraction of sp³-hybridized carbons (Fsp3) is 0. The third kappa shape index (κ3) is 3.88. The summed E-state index contributed by atoms with van der Waals surface area (Å²) in [5.74, 6) is 0.106. The molecule has 0 radical (unpaired) electrons. The largest absolute Gasteiger partial charge is 0.421 e. The van der Waals surface area contributed by atoms with Gasteiger partial charge in [0.05, 0.1) is 5.69 Å². The van der Waals surface area contributed by atoms with E-state index in [1.807, 2.05) is 30.3 Å². The highest BCUT2D eigenvalue weighted by Gasteiger charge is 2.12. The van der Waals surface area contributed by atoms with Crippen molar-refractivity contribution in [3.63, 3.8) is 0 Å². The van der Waals surface area contributed by atoms with E-state index in [0.717, 1.165) is 5.69 Å².